The molecule has 0 unspecified atom stereocenters. The first-order chi connectivity index (χ1) is 30.3. The molecule has 4 aromatic carbocycles. The van der Waals surface area contributed by atoms with Gasteiger partial charge in [0, 0.05) is 80.5 Å². The van der Waals surface area contributed by atoms with E-state index in [1.54, 1.807) is 31.6 Å². The van der Waals surface area contributed by atoms with Crippen LogP contribution in [0.15, 0.2) is 143 Å². The highest BCUT2D eigenvalue weighted by Gasteiger charge is 2.21. The van der Waals surface area contributed by atoms with Crippen LogP contribution >= 0.6 is 23.2 Å². The molecule has 0 amide bonds. The number of halogens is 2. The lowest BCUT2D eigenvalue weighted by Gasteiger charge is -2.18. The lowest BCUT2D eigenvalue weighted by molar-refractivity contribution is 0.186. The molecule has 0 aliphatic carbocycles. The van der Waals surface area contributed by atoms with Gasteiger partial charge in [0.15, 0.2) is 0 Å². The molecular formula is C50H31Cl2N7O3. The van der Waals surface area contributed by atoms with Gasteiger partial charge in [0.1, 0.15) is 11.3 Å². The third kappa shape index (κ3) is 6.94. The van der Waals surface area contributed by atoms with E-state index in [1.165, 1.54) is 6.07 Å². The highest BCUT2D eigenvalue weighted by Crippen LogP contribution is 2.42. The summed E-state index contributed by atoms with van der Waals surface area (Å²) in [5.74, 6) is 0. The first-order valence-electron chi connectivity index (χ1n) is 19.6. The predicted molar refractivity (Wildman–Crippen MR) is 246 cm³/mol. The molecule has 0 fully saturated rings. The van der Waals surface area contributed by atoms with Crippen LogP contribution in [0.25, 0.3) is 99.8 Å². The van der Waals surface area contributed by atoms with E-state index in [9.17, 15) is 14.9 Å². The largest absolute Gasteiger partial charge is 0.380 e. The summed E-state index contributed by atoms with van der Waals surface area (Å²) < 4.78 is 5.76. The van der Waals surface area contributed by atoms with Gasteiger partial charge in [-0.15, -0.1) is 0 Å². The summed E-state index contributed by atoms with van der Waals surface area (Å²) in [6.45, 7) is 0.253. The number of methoxy groups -OCH3 is 1. The molecule has 0 aliphatic heterocycles. The molecule has 298 valence electrons. The number of hydrogen-bond donors (Lipinski definition) is 2. The molecule has 6 aromatic heterocycles. The minimum Gasteiger partial charge on any atom is -0.380 e. The second-order valence-electron chi connectivity index (χ2n) is 14.8. The van der Waals surface area contributed by atoms with Gasteiger partial charge in [-0.25, -0.2) is 9.97 Å². The number of pyridine rings is 6. The molecule has 0 saturated carbocycles. The molecule has 2 N–H and O–H groups in total. The van der Waals surface area contributed by atoms with Gasteiger partial charge in [-0.3, -0.25) is 19.6 Å². The minimum absolute atomic E-state index is 0.0337. The number of aromatic amines is 2. The monoisotopic (exact) mass is 847 g/mol. The van der Waals surface area contributed by atoms with E-state index in [4.69, 9.17) is 42.9 Å². The number of ether oxygens (including phenoxy) is 1. The molecule has 0 spiro atoms. The first-order valence-corrected chi connectivity index (χ1v) is 20.3. The Morgan fingerprint density at radius 2 is 1.39 bits per heavy atom. The van der Waals surface area contributed by atoms with Crippen LogP contribution in [0.1, 0.15) is 11.1 Å². The van der Waals surface area contributed by atoms with Gasteiger partial charge in [0.2, 0.25) is 5.56 Å². The number of fused-ring (bicyclic) bond motifs is 4. The Hall–Kier alpha value is -7.55. The number of aromatic nitrogens is 6. The molecule has 12 heteroatoms. The molecule has 0 aliphatic rings. The average Bonchev–Trinajstić information content (AvgIpc) is 3.29. The predicted octanol–water partition coefficient (Wildman–Crippen LogP) is 11.1. The van der Waals surface area contributed by atoms with Crippen molar-refractivity contribution in [3.63, 3.8) is 0 Å². The zero-order valence-corrected chi connectivity index (χ0v) is 34.3. The van der Waals surface area contributed by atoms with Crippen molar-refractivity contribution in [1.82, 2.24) is 29.9 Å². The van der Waals surface area contributed by atoms with Crippen LogP contribution in [-0.4, -0.2) is 37.0 Å². The quantitative estimate of drug-likeness (QED) is 0.153. The number of rotatable bonds is 8. The fraction of sp³-hybridized carbons (Fsp3) is 0.0600. The van der Waals surface area contributed by atoms with E-state index in [0.717, 1.165) is 66.2 Å². The lowest BCUT2D eigenvalue weighted by atomic mass is 9.91. The van der Waals surface area contributed by atoms with Gasteiger partial charge in [0.25, 0.3) is 5.56 Å². The molecule has 6 heterocycles. The fourth-order valence-electron chi connectivity index (χ4n) is 8.14. The zero-order chi connectivity index (χ0) is 42.5. The van der Waals surface area contributed by atoms with Crippen LogP contribution in [0, 0.1) is 11.3 Å². The zero-order valence-electron chi connectivity index (χ0n) is 32.8. The summed E-state index contributed by atoms with van der Waals surface area (Å²) in [4.78, 5) is 50.6. The lowest BCUT2D eigenvalue weighted by Crippen LogP contribution is -2.12. The van der Waals surface area contributed by atoms with Crippen molar-refractivity contribution in [2.24, 2.45) is 0 Å². The summed E-state index contributed by atoms with van der Waals surface area (Å²) in [6.07, 6.45) is 3.47. The van der Waals surface area contributed by atoms with Crippen LogP contribution in [0.5, 0.6) is 0 Å². The smallest absolute Gasteiger partial charge is 0.253 e. The van der Waals surface area contributed by atoms with Crippen LogP contribution in [0.3, 0.4) is 0 Å². The van der Waals surface area contributed by atoms with Crippen molar-refractivity contribution in [2.75, 3.05) is 7.11 Å². The molecule has 0 atom stereocenters. The normalized spacial score (nSPS) is 11.5. The summed E-state index contributed by atoms with van der Waals surface area (Å²) in [5.41, 5.74) is 10.6. The minimum atomic E-state index is -0.362. The van der Waals surface area contributed by atoms with Crippen molar-refractivity contribution in [1.29, 1.82) is 5.26 Å². The van der Waals surface area contributed by atoms with Crippen LogP contribution in [0.2, 0.25) is 10.0 Å². The summed E-state index contributed by atoms with van der Waals surface area (Å²) in [6, 6.07) is 40.5. The maximum atomic E-state index is 13.0. The van der Waals surface area contributed by atoms with Crippen molar-refractivity contribution >= 4 is 67.1 Å². The Morgan fingerprint density at radius 1 is 0.645 bits per heavy atom. The van der Waals surface area contributed by atoms with E-state index in [-0.39, 0.29) is 24.1 Å². The number of hydrogen-bond acceptors (Lipinski definition) is 8. The van der Waals surface area contributed by atoms with Gasteiger partial charge in [-0.05, 0) is 82.9 Å². The Morgan fingerprint density at radius 3 is 2.21 bits per heavy atom. The Kier molecular flexibility index (Phi) is 9.85. The molecule has 10 aromatic rings. The summed E-state index contributed by atoms with van der Waals surface area (Å²) in [7, 11) is 1.64. The van der Waals surface area contributed by atoms with Gasteiger partial charge >= 0.3 is 0 Å². The van der Waals surface area contributed by atoms with Gasteiger partial charge in [0.05, 0.1) is 51.6 Å². The number of benzene rings is 4. The number of nitriles is 1. The van der Waals surface area contributed by atoms with Crippen molar-refractivity contribution in [3.8, 4) is 62.0 Å². The Balaban J connectivity index is 1.14. The van der Waals surface area contributed by atoms with Crippen molar-refractivity contribution in [2.45, 2.75) is 13.0 Å². The molecule has 62 heavy (non-hydrogen) atoms. The standard InChI is InChI=1S/C50H31Cl2N7O3/c1-62-26-39-37-12-13-42(60)56-49(37)58-47(27-7-3-2-4-8-27)43(39)33-20-34-21-36(25-55-46(34)41(52)24-33)28-9-5-10-29(17-28)44-38(32-18-30-11-6-16-54-45(30)40(51)23-32)22-35-19-31(14-15-53)50(61)59-48(35)57-44/h2-13,16-25H,14,26H2,1H3,(H,56,58,60)(H,57,59,61). The van der Waals surface area contributed by atoms with Crippen LogP contribution in [0.4, 0.5) is 0 Å². The Bertz CT molecular complexity index is 3620. The topological polar surface area (TPSA) is 150 Å². The summed E-state index contributed by atoms with van der Waals surface area (Å²) >= 11 is 13.9. The molecular weight excluding hydrogens is 818 g/mol. The summed E-state index contributed by atoms with van der Waals surface area (Å²) in [5, 5.41) is 13.4. The number of nitrogens with zero attached hydrogens (tertiary/aromatic N) is 5. The third-order valence-corrected chi connectivity index (χ3v) is 11.5. The average molecular weight is 849 g/mol. The molecule has 0 saturated heterocycles. The Labute approximate surface area is 363 Å². The highest BCUT2D eigenvalue weighted by atomic mass is 35.5. The number of nitrogens with one attached hydrogen (secondary N) is 2. The molecule has 0 radical (unpaired) electrons. The number of H-pyrrole nitrogens is 2. The van der Waals surface area contributed by atoms with E-state index in [1.807, 2.05) is 91.0 Å². The molecule has 10 nitrogen and oxygen atoms in total. The fourth-order valence-corrected chi connectivity index (χ4v) is 8.70. The van der Waals surface area contributed by atoms with Gasteiger partial charge in [-0.2, -0.15) is 5.26 Å². The maximum Gasteiger partial charge on any atom is 0.253 e. The SMILES string of the molecule is COCc1c(-c2cc(Cl)c3ncc(-c4cccc(-c5nc6[nH]c(=O)c(CC#N)cc6cc5-c5cc(Cl)c6ncccc6c5)c4)cc3c2)c(-c2ccccc2)nc2[nH]c(=O)ccc12. The van der Waals surface area contributed by atoms with Gasteiger partial charge in [-0.1, -0.05) is 77.8 Å². The van der Waals surface area contributed by atoms with E-state index in [2.05, 4.69) is 33.2 Å². The van der Waals surface area contributed by atoms with Gasteiger partial charge < -0.3 is 14.7 Å². The second kappa shape index (κ2) is 15.8. The third-order valence-electron chi connectivity index (χ3n) is 11.0. The van der Waals surface area contributed by atoms with E-state index >= 15 is 0 Å². The van der Waals surface area contributed by atoms with Crippen molar-refractivity contribution < 1.29 is 4.74 Å². The van der Waals surface area contributed by atoms with Crippen LogP contribution in [-0.2, 0) is 17.8 Å². The van der Waals surface area contributed by atoms with E-state index < -0.39 is 0 Å². The van der Waals surface area contributed by atoms with Crippen molar-refractivity contribution in [3.05, 3.63) is 176 Å². The second-order valence-corrected chi connectivity index (χ2v) is 15.7. The first kappa shape index (κ1) is 38.6. The maximum absolute atomic E-state index is 13.0. The molecule has 0 bridgehead atoms. The van der Waals surface area contributed by atoms with E-state index in [0.29, 0.717) is 54.7 Å². The highest BCUT2D eigenvalue weighted by molar-refractivity contribution is 6.36. The van der Waals surface area contributed by atoms with Crippen LogP contribution < -0.4 is 11.1 Å². The molecule has 10 rings (SSSR count).